The summed E-state index contributed by atoms with van der Waals surface area (Å²) in [6.45, 7) is 0.835. The molecule has 4 nitrogen and oxygen atoms in total. The Kier molecular flexibility index (Phi) is 2.91. The molecule has 1 aromatic carbocycles. The number of aryl methyl sites for hydroxylation is 1. The molecule has 0 radical (unpaired) electrons. The average Bonchev–Trinajstić information content (AvgIpc) is 2.82. The van der Waals surface area contributed by atoms with E-state index in [4.69, 9.17) is 0 Å². The number of hydrogen-bond acceptors (Lipinski definition) is 3. The summed E-state index contributed by atoms with van der Waals surface area (Å²) >= 11 is 0. The minimum absolute atomic E-state index is 0.835. The van der Waals surface area contributed by atoms with Gasteiger partial charge in [-0.3, -0.25) is 0 Å². The molecule has 3 rings (SSSR count). The first kappa shape index (κ1) is 11.7. The van der Waals surface area contributed by atoms with E-state index in [1.165, 1.54) is 5.56 Å². The average molecular weight is 252 g/mol. The maximum atomic E-state index is 4.42. The number of anilines is 1. The minimum atomic E-state index is 0.835. The first-order valence-electron chi connectivity index (χ1n) is 6.27. The van der Waals surface area contributed by atoms with Gasteiger partial charge >= 0.3 is 0 Å². The lowest BCUT2D eigenvalue weighted by atomic mass is 10.2. The van der Waals surface area contributed by atoms with Crippen LogP contribution < -0.4 is 4.90 Å². The summed E-state index contributed by atoms with van der Waals surface area (Å²) in [4.78, 5) is 10.9. The molecule has 96 valence electrons. The summed E-state index contributed by atoms with van der Waals surface area (Å²) in [5.41, 5.74) is 2.23. The van der Waals surface area contributed by atoms with Crippen molar-refractivity contribution >= 4 is 16.9 Å². The normalized spacial score (nSPS) is 10.8. The molecule has 0 unspecified atom stereocenters. The van der Waals surface area contributed by atoms with Crippen molar-refractivity contribution in [1.29, 1.82) is 0 Å². The van der Waals surface area contributed by atoms with Gasteiger partial charge in [-0.25, -0.2) is 9.97 Å². The van der Waals surface area contributed by atoms with Gasteiger partial charge in [-0.2, -0.15) is 0 Å². The van der Waals surface area contributed by atoms with Crippen LogP contribution in [0.1, 0.15) is 5.56 Å². The highest BCUT2D eigenvalue weighted by molar-refractivity contribution is 5.87. The van der Waals surface area contributed by atoms with Crippen molar-refractivity contribution in [3.8, 4) is 0 Å². The van der Waals surface area contributed by atoms with Crippen molar-refractivity contribution in [2.45, 2.75) is 6.54 Å². The van der Waals surface area contributed by atoms with Crippen molar-refractivity contribution in [2.75, 3.05) is 11.9 Å². The second-order valence-corrected chi connectivity index (χ2v) is 4.70. The Bertz CT molecular complexity index is 688. The molecule has 2 aromatic heterocycles. The van der Waals surface area contributed by atoms with Crippen LogP contribution in [0.2, 0.25) is 0 Å². The minimum Gasteiger partial charge on any atom is -0.355 e. The van der Waals surface area contributed by atoms with E-state index in [-0.39, 0.29) is 0 Å². The Balaban J connectivity index is 1.96. The van der Waals surface area contributed by atoms with E-state index < -0.39 is 0 Å². The molecule has 4 heteroatoms. The zero-order chi connectivity index (χ0) is 13.2. The fourth-order valence-corrected chi connectivity index (χ4v) is 2.30. The van der Waals surface area contributed by atoms with Crippen molar-refractivity contribution < 1.29 is 0 Å². The van der Waals surface area contributed by atoms with Crippen LogP contribution in [0, 0.1) is 0 Å². The zero-order valence-electron chi connectivity index (χ0n) is 11.1. The predicted octanol–water partition coefficient (Wildman–Crippen LogP) is 2.60. The summed E-state index contributed by atoms with van der Waals surface area (Å²) in [6, 6.07) is 12.5. The van der Waals surface area contributed by atoms with Gasteiger partial charge in [0.15, 0.2) is 0 Å². The highest BCUT2D eigenvalue weighted by atomic mass is 15.2. The van der Waals surface area contributed by atoms with Crippen LogP contribution in [0.4, 0.5) is 5.82 Å². The molecule has 0 saturated carbocycles. The molecule has 19 heavy (non-hydrogen) atoms. The summed E-state index contributed by atoms with van der Waals surface area (Å²) in [5, 5.41) is 1.09. The molecule has 0 aliphatic rings. The Morgan fingerprint density at radius 2 is 1.89 bits per heavy atom. The lowest BCUT2D eigenvalue weighted by Gasteiger charge is -2.18. The molecule has 0 amide bonds. The van der Waals surface area contributed by atoms with Gasteiger partial charge in [-0.15, -0.1) is 0 Å². The van der Waals surface area contributed by atoms with Crippen LogP contribution in [0.15, 0.2) is 48.9 Å². The Labute approximate surface area is 112 Å². The van der Waals surface area contributed by atoms with Gasteiger partial charge in [0.05, 0.1) is 5.39 Å². The van der Waals surface area contributed by atoms with Crippen LogP contribution >= 0.6 is 0 Å². The predicted molar refractivity (Wildman–Crippen MR) is 77.1 cm³/mol. The SMILES string of the molecule is CN(Cc1ccccc1)c1ncnc2c1ccn2C. The Hall–Kier alpha value is -2.36. The van der Waals surface area contributed by atoms with E-state index >= 15 is 0 Å². The number of hydrogen-bond donors (Lipinski definition) is 0. The number of fused-ring (bicyclic) bond motifs is 1. The van der Waals surface area contributed by atoms with E-state index in [1.54, 1.807) is 6.33 Å². The zero-order valence-corrected chi connectivity index (χ0v) is 11.1. The molecule has 0 saturated heterocycles. The second-order valence-electron chi connectivity index (χ2n) is 4.70. The Morgan fingerprint density at radius 1 is 1.11 bits per heavy atom. The van der Waals surface area contributed by atoms with Gasteiger partial charge in [-0.1, -0.05) is 30.3 Å². The molecule has 0 aliphatic carbocycles. The van der Waals surface area contributed by atoms with E-state index in [2.05, 4.69) is 52.2 Å². The molecule has 3 aromatic rings. The quantitative estimate of drug-likeness (QED) is 0.718. The van der Waals surface area contributed by atoms with Crippen LogP contribution in [0.5, 0.6) is 0 Å². The summed E-state index contributed by atoms with van der Waals surface area (Å²) in [7, 11) is 4.05. The summed E-state index contributed by atoms with van der Waals surface area (Å²) in [5.74, 6) is 0.967. The van der Waals surface area contributed by atoms with Crippen LogP contribution in [-0.2, 0) is 13.6 Å². The molecule has 0 spiro atoms. The van der Waals surface area contributed by atoms with Crippen LogP contribution in [0.3, 0.4) is 0 Å². The molecular weight excluding hydrogens is 236 g/mol. The Morgan fingerprint density at radius 3 is 2.68 bits per heavy atom. The summed E-state index contributed by atoms with van der Waals surface area (Å²) in [6.07, 6.45) is 3.64. The fourth-order valence-electron chi connectivity index (χ4n) is 2.30. The third-order valence-electron chi connectivity index (χ3n) is 3.26. The standard InChI is InChI=1S/C15H16N4/c1-18-9-8-13-14(18)16-11-17-15(13)19(2)10-12-6-4-3-5-7-12/h3-9,11H,10H2,1-2H3. The van der Waals surface area contributed by atoms with E-state index in [1.807, 2.05) is 23.9 Å². The van der Waals surface area contributed by atoms with E-state index in [0.29, 0.717) is 0 Å². The van der Waals surface area contributed by atoms with Gasteiger partial charge in [-0.05, 0) is 11.6 Å². The third kappa shape index (κ3) is 2.17. The molecular formula is C15H16N4. The van der Waals surface area contributed by atoms with Gasteiger partial charge in [0.2, 0.25) is 0 Å². The lowest BCUT2D eigenvalue weighted by Crippen LogP contribution is -2.18. The second kappa shape index (κ2) is 4.72. The maximum Gasteiger partial charge on any atom is 0.145 e. The molecule has 2 heterocycles. The highest BCUT2D eigenvalue weighted by Crippen LogP contribution is 2.23. The lowest BCUT2D eigenvalue weighted by molar-refractivity contribution is 0.894. The first-order valence-corrected chi connectivity index (χ1v) is 6.27. The van der Waals surface area contributed by atoms with Crippen molar-refractivity contribution in [1.82, 2.24) is 14.5 Å². The van der Waals surface area contributed by atoms with Gasteiger partial charge in [0, 0.05) is 26.8 Å². The molecule has 0 N–H and O–H groups in total. The largest absolute Gasteiger partial charge is 0.355 e. The number of aromatic nitrogens is 3. The van der Waals surface area contributed by atoms with E-state index in [0.717, 1.165) is 23.4 Å². The number of rotatable bonds is 3. The topological polar surface area (TPSA) is 34.0 Å². The maximum absolute atomic E-state index is 4.42. The molecule has 0 fully saturated rings. The number of nitrogens with zero attached hydrogens (tertiary/aromatic N) is 4. The van der Waals surface area contributed by atoms with E-state index in [9.17, 15) is 0 Å². The molecule has 0 bridgehead atoms. The third-order valence-corrected chi connectivity index (χ3v) is 3.26. The van der Waals surface area contributed by atoms with Crippen molar-refractivity contribution in [3.63, 3.8) is 0 Å². The fraction of sp³-hybridized carbons (Fsp3) is 0.200. The molecule has 0 atom stereocenters. The van der Waals surface area contributed by atoms with Gasteiger partial charge < -0.3 is 9.47 Å². The van der Waals surface area contributed by atoms with Crippen molar-refractivity contribution in [3.05, 3.63) is 54.5 Å². The van der Waals surface area contributed by atoms with Crippen molar-refractivity contribution in [2.24, 2.45) is 7.05 Å². The highest BCUT2D eigenvalue weighted by Gasteiger charge is 2.10. The summed E-state index contributed by atoms with van der Waals surface area (Å²) < 4.78 is 2.01. The molecule has 0 aliphatic heterocycles. The van der Waals surface area contributed by atoms with Crippen LogP contribution in [0.25, 0.3) is 11.0 Å². The van der Waals surface area contributed by atoms with Crippen LogP contribution in [-0.4, -0.2) is 21.6 Å². The number of benzene rings is 1. The first-order chi connectivity index (χ1) is 9.25. The van der Waals surface area contributed by atoms with Gasteiger partial charge in [0.1, 0.15) is 17.8 Å². The van der Waals surface area contributed by atoms with Gasteiger partial charge in [0.25, 0.3) is 0 Å². The monoisotopic (exact) mass is 252 g/mol. The smallest absolute Gasteiger partial charge is 0.145 e.